The predicted octanol–water partition coefficient (Wildman–Crippen LogP) is 8.70. The van der Waals surface area contributed by atoms with E-state index in [1.54, 1.807) is 37.7 Å². The number of phosphoric ester groups is 1. The number of methoxy groups -OCH3 is 2. The fourth-order valence-corrected chi connectivity index (χ4v) is 6.94. The Morgan fingerprint density at radius 3 is 2.15 bits per heavy atom. The Kier molecular flexibility index (Phi) is 12.5. The van der Waals surface area contributed by atoms with Gasteiger partial charge in [0.05, 0.1) is 37.0 Å². The molecule has 0 atom stereocenters. The summed E-state index contributed by atoms with van der Waals surface area (Å²) >= 11 is 35.9. The second-order valence-electron chi connectivity index (χ2n) is 8.43. The first kappa shape index (κ1) is 33.9. The van der Waals surface area contributed by atoms with Crippen LogP contribution in [0.2, 0.25) is 0 Å². The first-order valence-electron chi connectivity index (χ1n) is 11.6. The number of rotatable bonds is 11. The zero-order chi connectivity index (χ0) is 29.6. The molecule has 1 aliphatic heterocycles. The largest absolute Gasteiger partial charge is 0.493 e. The molecule has 16 heteroatoms. The monoisotopic (exact) mass is 710 g/mol. The van der Waals surface area contributed by atoms with Gasteiger partial charge in [0, 0.05) is 18.0 Å². The van der Waals surface area contributed by atoms with Crippen molar-refractivity contribution >= 4 is 105 Å². The number of thiophene rings is 1. The molecule has 0 aliphatic carbocycles. The van der Waals surface area contributed by atoms with Crippen LogP contribution in [0.3, 0.4) is 0 Å². The van der Waals surface area contributed by atoms with E-state index >= 15 is 0 Å². The van der Waals surface area contributed by atoms with E-state index in [0.29, 0.717) is 48.6 Å². The fraction of sp³-hybridized carbons (Fsp3) is 0.458. The van der Waals surface area contributed by atoms with Crippen LogP contribution in [-0.4, -0.2) is 54.2 Å². The SMILES string of the molecule is COc1ccc(/C(C#N)=C/c2ccc(N3CCC(OP(=O)(OCC(Cl)(Cl)Cl)OCC(Cl)(Cl)Cl)CC3)s2)cc1OC. The van der Waals surface area contributed by atoms with E-state index < -0.39 is 34.7 Å². The van der Waals surface area contributed by atoms with Crippen molar-refractivity contribution in [1.29, 1.82) is 5.26 Å². The second-order valence-corrected chi connectivity index (χ2v) is 16.2. The van der Waals surface area contributed by atoms with Crippen molar-refractivity contribution < 1.29 is 27.6 Å². The Bertz CT molecular complexity index is 1250. The molecule has 0 bridgehead atoms. The first-order chi connectivity index (χ1) is 18.7. The molecule has 2 heterocycles. The molecule has 0 N–H and O–H groups in total. The Hall–Kier alpha value is -0.600. The van der Waals surface area contributed by atoms with Gasteiger partial charge in [0.25, 0.3) is 0 Å². The van der Waals surface area contributed by atoms with E-state index in [1.807, 2.05) is 24.3 Å². The van der Waals surface area contributed by atoms with Gasteiger partial charge in [-0.25, -0.2) is 4.57 Å². The number of nitrogens with zero attached hydrogens (tertiary/aromatic N) is 2. The lowest BCUT2D eigenvalue weighted by molar-refractivity contribution is 0.0692. The summed E-state index contributed by atoms with van der Waals surface area (Å²) in [5, 5.41) is 10.8. The number of nitriles is 1. The summed E-state index contributed by atoms with van der Waals surface area (Å²) in [6, 6.07) is 11.5. The summed E-state index contributed by atoms with van der Waals surface area (Å²) in [7, 11) is -1.11. The maximum absolute atomic E-state index is 13.2. The number of phosphoric acid groups is 1. The lowest BCUT2D eigenvalue weighted by atomic mass is 10.1. The molecular weight excluding hydrogens is 688 g/mol. The lowest BCUT2D eigenvalue weighted by Gasteiger charge is -2.34. The Morgan fingerprint density at radius 2 is 1.62 bits per heavy atom. The molecule has 0 saturated carbocycles. The molecule has 1 saturated heterocycles. The van der Waals surface area contributed by atoms with Gasteiger partial charge in [-0.15, -0.1) is 11.3 Å². The van der Waals surface area contributed by atoms with Crippen molar-refractivity contribution in [3.05, 3.63) is 40.8 Å². The molecule has 8 nitrogen and oxygen atoms in total. The molecule has 2 aromatic rings. The molecule has 1 aliphatic rings. The molecule has 0 unspecified atom stereocenters. The summed E-state index contributed by atoms with van der Waals surface area (Å²) in [5.74, 6) is 1.12. The number of halogens is 6. The minimum absolute atomic E-state index is 0.470. The topological polar surface area (TPSA) is 90.2 Å². The number of piperidine rings is 1. The highest BCUT2D eigenvalue weighted by atomic mass is 35.6. The zero-order valence-electron chi connectivity index (χ0n) is 21.3. The number of allylic oxidation sites excluding steroid dienone is 1. The summed E-state index contributed by atoms with van der Waals surface area (Å²) < 4.78 is 36.2. The van der Waals surface area contributed by atoms with Crippen molar-refractivity contribution in [1.82, 2.24) is 0 Å². The van der Waals surface area contributed by atoms with Crippen molar-refractivity contribution in [3.63, 3.8) is 0 Å². The summed E-state index contributed by atoms with van der Waals surface area (Å²) in [4.78, 5) is 3.07. The highest BCUT2D eigenvalue weighted by Gasteiger charge is 2.38. The van der Waals surface area contributed by atoms with Crippen molar-refractivity contribution in [2.75, 3.05) is 45.4 Å². The van der Waals surface area contributed by atoms with Crippen LogP contribution in [0, 0.1) is 11.3 Å². The molecule has 1 fully saturated rings. The minimum atomic E-state index is -4.21. The van der Waals surface area contributed by atoms with E-state index in [-0.39, 0.29) is 0 Å². The van der Waals surface area contributed by atoms with Gasteiger partial charge in [0.2, 0.25) is 7.59 Å². The van der Waals surface area contributed by atoms with Crippen LogP contribution in [0.5, 0.6) is 11.5 Å². The Morgan fingerprint density at radius 1 is 1.02 bits per heavy atom. The van der Waals surface area contributed by atoms with Gasteiger partial charge >= 0.3 is 7.82 Å². The van der Waals surface area contributed by atoms with Crippen LogP contribution in [0.15, 0.2) is 30.3 Å². The van der Waals surface area contributed by atoms with Crippen LogP contribution in [-0.2, 0) is 18.1 Å². The van der Waals surface area contributed by atoms with Crippen LogP contribution in [0.4, 0.5) is 5.00 Å². The summed E-state index contributed by atoms with van der Waals surface area (Å²) in [6.07, 6.45) is 2.38. The molecular formula is C24H25Cl6N2O6PS. The van der Waals surface area contributed by atoms with E-state index in [4.69, 9.17) is 92.7 Å². The van der Waals surface area contributed by atoms with Crippen molar-refractivity contribution in [2.45, 2.75) is 26.5 Å². The summed E-state index contributed by atoms with van der Waals surface area (Å²) in [5.41, 5.74) is 1.20. The van der Waals surface area contributed by atoms with Gasteiger partial charge in [-0.2, -0.15) is 5.26 Å². The van der Waals surface area contributed by atoms with E-state index in [1.165, 1.54) is 0 Å². The average Bonchev–Trinajstić information content (AvgIpc) is 3.37. The third kappa shape index (κ3) is 10.6. The van der Waals surface area contributed by atoms with Crippen LogP contribution >= 0.6 is 88.8 Å². The van der Waals surface area contributed by atoms with Crippen molar-refractivity contribution in [3.8, 4) is 17.6 Å². The molecule has 0 radical (unpaired) electrons. The van der Waals surface area contributed by atoms with Gasteiger partial charge in [0.1, 0.15) is 13.2 Å². The predicted molar refractivity (Wildman–Crippen MR) is 164 cm³/mol. The molecule has 40 heavy (non-hydrogen) atoms. The highest BCUT2D eigenvalue weighted by Crippen LogP contribution is 2.54. The summed E-state index contributed by atoms with van der Waals surface area (Å²) in [6.45, 7) is 0.105. The Balaban J connectivity index is 1.65. The van der Waals surface area contributed by atoms with Crippen LogP contribution in [0.25, 0.3) is 11.6 Å². The number of hydrogen-bond donors (Lipinski definition) is 0. The van der Waals surface area contributed by atoms with Gasteiger partial charge < -0.3 is 14.4 Å². The number of ether oxygens (including phenoxy) is 2. The molecule has 3 rings (SSSR count). The van der Waals surface area contributed by atoms with E-state index in [0.717, 1.165) is 9.88 Å². The molecule has 0 spiro atoms. The first-order valence-corrected chi connectivity index (χ1v) is 16.2. The Labute approximate surface area is 267 Å². The molecule has 1 aromatic heterocycles. The smallest absolute Gasteiger partial charge is 0.475 e. The molecule has 0 amide bonds. The maximum atomic E-state index is 13.2. The average molecular weight is 713 g/mol. The number of alkyl halides is 6. The zero-order valence-corrected chi connectivity index (χ0v) is 27.5. The lowest BCUT2D eigenvalue weighted by Crippen LogP contribution is -2.36. The maximum Gasteiger partial charge on any atom is 0.475 e. The van der Waals surface area contributed by atoms with Crippen molar-refractivity contribution in [2.24, 2.45) is 0 Å². The molecule has 1 aromatic carbocycles. The fourth-order valence-electron chi connectivity index (χ4n) is 3.68. The standard InChI is InChI=1S/C24H25Cl6N2O6PS/c1-34-20-5-3-16(12-21(20)35-2)17(13-31)11-19-4-6-22(40-19)32-9-7-18(8-10-32)38-39(33,36-14-23(25,26)27)37-15-24(28,29)30/h3-6,11-12,18H,7-10,14-15H2,1-2H3/b17-11+. The van der Waals surface area contributed by atoms with Crippen LogP contribution < -0.4 is 14.4 Å². The number of anilines is 1. The normalized spacial score (nSPS) is 15.7. The van der Waals surface area contributed by atoms with Gasteiger partial charge in [-0.05, 0) is 54.8 Å². The quantitative estimate of drug-likeness (QED) is 0.130. The highest BCUT2D eigenvalue weighted by molar-refractivity contribution is 7.48. The molecule has 220 valence electrons. The van der Waals surface area contributed by atoms with Gasteiger partial charge in [0.15, 0.2) is 11.5 Å². The van der Waals surface area contributed by atoms with Gasteiger partial charge in [-0.1, -0.05) is 69.6 Å². The number of hydrogen-bond acceptors (Lipinski definition) is 9. The van der Waals surface area contributed by atoms with Gasteiger partial charge in [-0.3, -0.25) is 13.6 Å². The van der Waals surface area contributed by atoms with Crippen LogP contribution in [0.1, 0.15) is 23.3 Å². The van der Waals surface area contributed by atoms with E-state index in [9.17, 15) is 9.83 Å². The van der Waals surface area contributed by atoms with E-state index in [2.05, 4.69) is 11.0 Å². The second kappa shape index (κ2) is 14.7. The third-order valence-corrected chi connectivity index (χ3v) is 8.71. The number of benzene rings is 1. The minimum Gasteiger partial charge on any atom is -0.493 e. The third-order valence-electron chi connectivity index (χ3n) is 5.52.